The van der Waals surface area contributed by atoms with E-state index in [0.29, 0.717) is 23.6 Å². The third-order valence-electron chi connectivity index (χ3n) is 4.93. The largest absolute Gasteiger partial charge is 0.483 e. The van der Waals surface area contributed by atoms with Gasteiger partial charge in [-0.2, -0.15) is 0 Å². The number of carbonyl (C=O) groups excluding carboxylic acids is 1. The molecule has 0 N–H and O–H groups in total. The molecule has 0 radical (unpaired) electrons. The Morgan fingerprint density at radius 1 is 1.20 bits per heavy atom. The second kappa shape index (κ2) is 7.72. The van der Waals surface area contributed by atoms with Gasteiger partial charge < -0.3 is 14.2 Å². The summed E-state index contributed by atoms with van der Waals surface area (Å²) in [5.74, 6) is 1.30. The van der Waals surface area contributed by atoms with Crippen molar-refractivity contribution < 1.29 is 9.53 Å². The normalized spacial score (nSPS) is 15.5. The molecule has 1 aliphatic rings. The van der Waals surface area contributed by atoms with Crippen molar-refractivity contribution in [1.82, 2.24) is 9.47 Å². The fourth-order valence-electron chi connectivity index (χ4n) is 3.32. The monoisotopic (exact) mass is 342 g/mol. The lowest BCUT2D eigenvalue weighted by Crippen LogP contribution is -2.40. The summed E-state index contributed by atoms with van der Waals surface area (Å²) in [6.45, 7) is 6.60. The maximum absolute atomic E-state index is 12.5. The highest BCUT2D eigenvalue weighted by atomic mass is 16.5. The number of nitrogens with zero attached hydrogens (tertiary/aromatic N) is 2. The predicted molar refractivity (Wildman–Crippen MR) is 99.0 cm³/mol. The molecule has 3 rings (SSSR count). The number of carbonyl (C=O) groups is 1. The molecule has 0 saturated carbocycles. The van der Waals surface area contributed by atoms with E-state index in [1.165, 1.54) is 0 Å². The molecule has 1 amide bonds. The van der Waals surface area contributed by atoms with E-state index < -0.39 is 0 Å². The second-order valence-corrected chi connectivity index (χ2v) is 6.88. The Balaban J connectivity index is 1.74. The molecule has 1 fully saturated rings. The number of benzene rings is 1. The summed E-state index contributed by atoms with van der Waals surface area (Å²) >= 11 is 0. The topological polar surface area (TPSA) is 51.5 Å². The molecule has 0 unspecified atom stereocenters. The van der Waals surface area contributed by atoms with Gasteiger partial charge in [0, 0.05) is 31.2 Å². The second-order valence-electron chi connectivity index (χ2n) is 6.88. The summed E-state index contributed by atoms with van der Waals surface area (Å²) in [5, 5.41) is 1.40. The van der Waals surface area contributed by atoms with Gasteiger partial charge in [-0.1, -0.05) is 19.9 Å². The molecule has 5 heteroatoms. The number of aryl methyl sites for hydroxylation is 1. The van der Waals surface area contributed by atoms with Gasteiger partial charge in [0.05, 0.1) is 5.39 Å². The zero-order chi connectivity index (χ0) is 17.8. The first-order valence-electron chi connectivity index (χ1n) is 9.13. The van der Waals surface area contributed by atoms with E-state index in [4.69, 9.17) is 4.74 Å². The number of aromatic nitrogens is 1. The Morgan fingerprint density at radius 2 is 1.96 bits per heavy atom. The van der Waals surface area contributed by atoms with E-state index in [9.17, 15) is 9.59 Å². The van der Waals surface area contributed by atoms with Gasteiger partial charge in [0.15, 0.2) is 6.61 Å². The van der Waals surface area contributed by atoms with Crippen LogP contribution in [-0.2, 0) is 11.3 Å². The highest BCUT2D eigenvalue weighted by Crippen LogP contribution is 2.23. The van der Waals surface area contributed by atoms with Crippen LogP contribution in [0.15, 0.2) is 35.3 Å². The van der Waals surface area contributed by atoms with Crippen molar-refractivity contribution in [3.63, 3.8) is 0 Å². The minimum absolute atomic E-state index is 0.0128. The van der Waals surface area contributed by atoms with Crippen LogP contribution in [-0.4, -0.2) is 35.1 Å². The maximum atomic E-state index is 12.5. The number of piperidine rings is 1. The summed E-state index contributed by atoms with van der Waals surface area (Å²) in [6, 6.07) is 7.33. The zero-order valence-corrected chi connectivity index (χ0v) is 15.0. The van der Waals surface area contributed by atoms with E-state index in [1.54, 1.807) is 10.8 Å². The van der Waals surface area contributed by atoms with Gasteiger partial charge in [-0.05, 0) is 43.4 Å². The third-order valence-corrected chi connectivity index (χ3v) is 4.93. The van der Waals surface area contributed by atoms with Gasteiger partial charge >= 0.3 is 0 Å². The Hall–Kier alpha value is -2.30. The van der Waals surface area contributed by atoms with Crippen molar-refractivity contribution in [1.29, 1.82) is 0 Å². The van der Waals surface area contributed by atoms with Gasteiger partial charge in [-0.3, -0.25) is 9.59 Å². The van der Waals surface area contributed by atoms with Gasteiger partial charge in [-0.15, -0.1) is 0 Å². The van der Waals surface area contributed by atoms with Crippen LogP contribution < -0.4 is 10.3 Å². The summed E-state index contributed by atoms with van der Waals surface area (Å²) < 4.78 is 7.49. The molecule has 1 aliphatic heterocycles. The van der Waals surface area contributed by atoms with Crippen LogP contribution in [0.3, 0.4) is 0 Å². The first-order chi connectivity index (χ1) is 12.1. The number of hydrogen-bond donors (Lipinski definition) is 0. The summed E-state index contributed by atoms with van der Waals surface area (Å²) in [6.07, 6.45) is 4.81. The first kappa shape index (κ1) is 17.5. The molecule has 1 aromatic heterocycles. The Morgan fingerprint density at radius 3 is 2.68 bits per heavy atom. The molecule has 0 bridgehead atoms. The number of rotatable bonds is 5. The van der Waals surface area contributed by atoms with Crippen LogP contribution in [0.4, 0.5) is 0 Å². The van der Waals surface area contributed by atoms with Crippen LogP contribution in [0.2, 0.25) is 0 Å². The van der Waals surface area contributed by atoms with Crippen LogP contribution in [0.5, 0.6) is 5.75 Å². The molecule has 1 aromatic carbocycles. The zero-order valence-electron chi connectivity index (χ0n) is 15.0. The number of fused-ring (bicyclic) bond motifs is 1. The average Bonchev–Trinajstić information content (AvgIpc) is 2.63. The predicted octanol–water partition coefficient (Wildman–Crippen LogP) is 3.05. The molecule has 0 atom stereocenters. The minimum atomic E-state index is -0.0128. The fraction of sp³-hybridized carbons (Fsp3) is 0.500. The number of pyridine rings is 1. The quantitative estimate of drug-likeness (QED) is 0.839. The van der Waals surface area contributed by atoms with Crippen molar-refractivity contribution in [3.8, 4) is 5.75 Å². The SMILES string of the molecule is CCCn1ccc2c(OCC(=O)N3CCC(C)CC3)cccc2c1=O. The lowest BCUT2D eigenvalue weighted by molar-refractivity contribution is -0.134. The summed E-state index contributed by atoms with van der Waals surface area (Å²) in [5.41, 5.74) is -0.0128. The van der Waals surface area contributed by atoms with Crippen LogP contribution in [0, 0.1) is 5.92 Å². The van der Waals surface area contributed by atoms with Crippen molar-refractivity contribution in [2.75, 3.05) is 19.7 Å². The van der Waals surface area contributed by atoms with E-state index in [0.717, 1.165) is 37.7 Å². The Bertz CT molecular complexity index is 804. The summed E-state index contributed by atoms with van der Waals surface area (Å²) in [7, 11) is 0. The average molecular weight is 342 g/mol. The molecule has 1 saturated heterocycles. The molecule has 134 valence electrons. The highest BCUT2D eigenvalue weighted by molar-refractivity contribution is 5.88. The number of amides is 1. The van der Waals surface area contributed by atoms with Crippen LogP contribution in [0.1, 0.15) is 33.1 Å². The molecule has 0 spiro atoms. The molecule has 25 heavy (non-hydrogen) atoms. The van der Waals surface area contributed by atoms with Crippen molar-refractivity contribution in [2.24, 2.45) is 5.92 Å². The van der Waals surface area contributed by atoms with Gasteiger partial charge in [-0.25, -0.2) is 0 Å². The smallest absolute Gasteiger partial charge is 0.260 e. The number of likely N-dealkylation sites (tertiary alicyclic amines) is 1. The van der Waals surface area contributed by atoms with Gasteiger partial charge in [0.2, 0.25) is 0 Å². The van der Waals surface area contributed by atoms with E-state index in [2.05, 4.69) is 6.92 Å². The number of hydrogen-bond acceptors (Lipinski definition) is 3. The van der Waals surface area contributed by atoms with Crippen LogP contribution in [0.25, 0.3) is 10.8 Å². The lowest BCUT2D eigenvalue weighted by atomic mass is 9.99. The Labute approximate surface area is 148 Å². The first-order valence-corrected chi connectivity index (χ1v) is 9.13. The minimum Gasteiger partial charge on any atom is -0.483 e. The van der Waals surface area contributed by atoms with Crippen molar-refractivity contribution >= 4 is 16.7 Å². The lowest BCUT2D eigenvalue weighted by Gasteiger charge is -2.30. The Kier molecular flexibility index (Phi) is 5.41. The van der Waals surface area contributed by atoms with E-state index in [-0.39, 0.29) is 18.1 Å². The molecule has 0 aliphatic carbocycles. The van der Waals surface area contributed by atoms with Gasteiger partial charge in [0.1, 0.15) is 5.75 Å². The molecule has 2 aromatic rings. The van der Waals surface area contributed by atoms with Crippen LogP contribution >= 0.6 is 0 Å². The molecular weight excluding hydrogens is 316 g/mol. The standard InChI is InChI=1S/C20H26N2O3/c1-3-10-22-13-9-16-17(20(22)24)5-4-6-18(16)25-14-19(23)21-11-7-15(2)8-12-21/h4-6,9,13,15H,3,7-8,10-12,14H2,1-2H3. The molecule has 5 nitrogen and oxygen atoms in total. The van der Waals surface area contributed by atoms with E-state index in [1.807, 2.05) is 36.1 Å². The van der Waals surface area contributed by atoms with Crippen molar-refractivity contribution in [3.05, 3.63) is 40.8 Å². The third kappa shape index (κ3) is 3.86. The van der Waals surface area contributed by atoms with E-state index >= 15 is 0 Å². The highest BCUT2D eigenvalue weighted by Gasteiger charge is 2.20. The molecule has 2 heterocycles. The summed E-state index contributed by atoms with van der Waals surface area (Å²) in [4.78, 5) is 26.7. The fourth-order valence-corrected chi connectivity index (χ4v) is 3.32. The maximum Gasteiger partial charge on any atom is 0.260 e. The molecular formula is C20H26N2O3. The van der Waals surface area contributed by atoms with Crippen molar-refractivity contribution in [2.45, 2.75) is 39.7 Å². The number of ether oxygens (including phenoxy) is 1. The van der Waals surface area contributed by atoms with Gasteiger partial charge in [0.25, 0.3) is 11.5 Å².